The first kappa shape index (κ1) is 4.40. The number of hydrogen-bond acceptors (Lipinski definition) is 1. The molecule has 0 amide bonds. The molecule has 37 valence electrons. The van der Waals surface area contributed by atoms with E-state index in [9.17, 15) is 0 Å². The third kappa shape index (κ3) is 1.41. The molecule has 1 rings (SSSR count). The lowest BCUT2D eigenvalue weighted by Gasteiger charge is -1.89. The van der Waals surface area contributed by atoms with Crippen molar-refractivity contribution in [2.45, 2.75) is 0 Å². The van der Waals surface area contributed by atoms with Crippen LogP contribution in [0.2, 0.25) is 0 Å². The van der Waals surface area contributed by atoms with E-state index in [1.54, 1.807) is 6.20 Å². The van der Waals surface area contributed by atoms with E-state index in [-0.39, 0.29) is 0 Å². The summed E-state index contributed by atoms with van der Waals surface area (Å²) >= 11 is 0. The van der Waals surface area contributed by atoms with Crippen LogP contribution in [-0.4, -0.2) is 6.54 Å². The number of allylic oxidation sites excluding steroid dienone is 2. The molecular formula is C5H7N2. The minimum absolute atomic E-state index is 0.771. The van der Waals surface area contributed by atoms with Gasteiger partial charge in [-0.15, -0.1) is 5.43 Å². The first-order valence-electron chi connectivity index (χ1n) is 2.24. The molecule has 7 heavy (non-hydrogen) atoms. The van der Waals surface area contributed by atoms with Crippen LogP contribution in [0.4, 0.5) is 0 Å². The van der Waals surface area contributed by atoms with Gasteiger partial charge in [-0.2, -0.15) is 0 Å². The molecular weight excluding hydrogens is 88.1 g/mol. The van der Waals surface area contributed by atoms with Gasteiger partial charge in [0.25, 0.3) is 0 Å². The Morgan fingerprint density at radius 3 is 3.43 bits per heavy atom. The second kappa shape index (κ2) is 2.42. The van der Waals surface area contributed by atoms with Gasteiger partial charge in [0.15, 0.2) is 0 Å². The van der Waals surface area contributed by atoms with Crippen molar-refractivity contribution in [2.75, 3.05) is 6.54 Å². The van der Waals surface area contributed by atoms with E-state index >= 15 is 0 Å². The number of hydrogen-bond donors (Lipinski definition) is 1. The Balaban J connectivity index is 2.39. The molecule has 0 spiro atoms. The van der Waals surface area contributed by atoms with E-state index < -0.39 is 0 Å². The van der Waals surface area contributed by atoms with Crippen LogP contribution in [0.1, 0.15) is 0 Å². The summed E-state index contributed by atoms with van der Waals surface area (Å²) in [5.41, 5.74) is 6.58. The summed E-state index contributed by atoms with van der Waals surface area (Å²) in [6.45, 7) is 0.771. The largest absolute Gasteiger partial charge is 0.311 e. The van der Waals surface area contributed by atoms with Crippen molar-refractivity contribution in [3.63, 3.8) is 0 Å². The predicted octanol–water partition coefficient (Wildman–Crippen LogP) is 0.179. The van der Waals surface area contributed by atoms with Crippen molar-refractivity contribution in [3.05, 3.63) is 24.4 Å². The summed E-state index contributed by atoms with van der Waals surface area (Å²) in [6, 6.07) is 0. The fraction of sp³-hybridized carbons (Fsp3) is 0.200. The Hall–Kier alpha value is -0.760. The molecule has 0 unspecified atom stereocenters. The van der Waals surface area contributed by atoms with E-state index in [1.165, 1.54) is 0 Å². The molecule has 1 heterocycles. The maximum absolute atomic E-state index is 3.85. The SMILES string of the molecule is C1=CC[N]NC=C1. The van der Waals surface area contributed by atoms with Crippen molar-refractivity contribution in [2.24, 2.45) is 0 Å². The van der Waals surface area contributed by atoms with Crippen LogP contribution in [0, 0.1) is 0 Å². The first-order chi connectivity index (χ1) is 3.50. The maximum atomic E-state index is 3.85. The highest BCUT2D eigenvalue weighted by atomic mass is 15.3. The smallest absolute Gasteiger partial charge is 0.0542 e. The van der Waals surface area contributed by atoms with E-state index in [2.05, 4.69) is 10.9 Å². The van der Waals surface area contributed by atoms with Crippen molar-refractivity contribution in [3.8, 4) is 0 Å². The minimum Gasteiger partial charge on any atom is -0.311 e. The zero-order valence-electron chi connectivity index (χ0n) is 3.96. The summed E-state index contributed by atoms with van der Waals surface area (Å²) in [5.74, 6) is 0. The van der Waals surface area contributed by atoms with Gasteiger partial charge >= 0.3 is 0 Å². The summed E-state index contributed by atoms with van der Waals surface area (Å²) in [6.07, 6.45) is 7.65. The Kier molecular flexibility index (Phi) is 1.52. The molecule has 0 aromatic carbocycles. The predicted molar refractivity (Wildman–Crippen MR) is 28.4 cm³/mol. The Morgan fingerprint density at radius 2 is 2.43 bits per heavy atom. The van der Waals surface area contributed by atoms with Gasteiger partial charge in [-0.25, -0.2) is 0 Å². The van der Waals surface area contributed by atoms with E-state index in [0.29, 0.717) is 0 Å². The van der Waals surface area contributed by atoms with Crippen molar-refractivity contribution < 1.29 is 0 Å². The van der Waals surface area contributed by atoms with Gasteiger partial charge in [-0.3, -0.25) is 0 Å². The molecule has 2 nitrogen and oxygen atoms in total. The molecule has 2 heteroatoms. The molecule has 0 saturated heterocycles. The van der Waals surface area contributed by atoms with Gasteiger partial charge in [-0.1, -0.05) is 12.2 Å². The Morgan fingerprint density at radius 1 is 1.43 bits per heavy atom. The molecule has 0 bridgehead atoms. The normalized spacial score (nSPS) is 18.3. The van der Waals surface area contributed by atoms with Crippen LogP contribution in [0.5, 0.6) is 0 Å². The van der Waals surface area contributed by atoms with Crippen LogP contribution < -0.4 is 10.9 Å². The second-order valence-electron chi connectivity index (χ2n) is 1.26. The molecule has 1 aliphatic heterocycles. The molecule has 1 N–H and O–H groups in total. The van der Waals surface area contributed by atoms with Crippen LogP contribution in [0.3, 0.4) is 0 Å². The van der Waals surface area contributed by atoms with Crippen molar-refractivity contribution in [1.82, 2.24) is 10.9 Å². The number of rotatable bonds is 0. The Labute approximate surface area is 42.9 Å². The lowest BCUT2D eigenvalue weighted by Crippen LogP contribution is -2.16. The zero-order chi connectivity index (χ0) is 4.95. The molecule has 0 aromatic rings. The molecule has 0 fully saturated rings. The molecule has 0 saturated carbocycles. The average molecular weight is 95.1 g/mol. The van der Waals surface area contributed by atoms with Gasteiger partial charge < -0.3 is 5.43 Å². The first-order valence-corrected chi connectivity index (χ1v) is 2.24. The van der Waals surface area contributed by atoms with Gasteiger partial charge in [0.1, 0.15) is 0 Å². The van der Waals surface area contributed by atoms with Gasteiger partial charge in [-0.05, 0) is 6.08 Å². The van der Waals surface area contributed by atoms with Crippen LogP contribution in [-0.2, 0) is 0 Å². The highest BCUT2D eigenvalue weighted by Crippen LogP contribution is 1.76. The number of nitrogens with one attached hydrogen (secondary N) is 1. The molecule has 0 aliphatic carbocycles. The minimum atomic E-state index is 0.771. The van der Waals surface area contributed by atoms with Crippen LogP contribution in [0.25, 0.3) is 0 Å². The summed E-state index contributed by atoms with van der Waals surface area (Å²) in [5, 5.41) is 0. The zero-order valence-corrected chi connectivity index (χ0v) is 3.96. The van der Waals surface area contributed by atoms with Gasteiger partial charge in [0.05, 0.1) is 6.54 Å². The number of nitrogens with zero attached hydrogens (tertiary/aromatic N) is 1. The lowest BCUT2D eigenvalue weighted by atomic mass is 10.5. The highest BCUT2D eigenvalue weighted by Gasteiger charge is 1.78. The standard InChI is InChI=1S/C5H7N2/c1-2-4-6-7-5-3-1/h1-4,6H,5H2. The van der Waals surface area contributed by atoms with Crippen LogP contribution >= 0.6 is 0 Å². The van der Waals surface area contributed by atoms with Gasteiger partial charge in [0.2, 0.25) is 0 Å². The third-order valence-electron chi connectivity index (χ3n) is 0.706. The highest BCUT2D eigenvalue weighted by molar-refractivity contribution is 5.03. The van der Waals surface area contributed by atoms with Crippen LogP contribution in [0.15, 0.2) is 24.4 Å². The average Bonchev–Trinajstić information content (AvgIpc) is 1.90. The molecule has 1 radical (unpaired) electrons. The lowest BCUT2D eigenvalue weighted by molar-refractivity contribution is 0.670. The van der Waals surface area contributed by atoms with Crippen molar-refractivity contribution >= 4 is 0 Å². The molecule has 0 atom stereocenters. The quantitative estimate of drug-likeness (QED) is 0.456. The summed E-state index contributed by atoms with van der Waals surface area (Å²) < 4.78 is 0. The van der Waals surface area contributed by atoms with Gasteiger partial charge in [0, 0.05) is 6.20 Å². The van der Waals surface area contributed by atoms with E-state index in [1.807, 2.05) is 18.2 Å². The summed E-state index contributed by atoms with van der Waals surface area (Å²) in [4.78, 5) is 0. The molecule has 1 aliphatic rings. The van der Waals surface area contributed by atoms with E-state index in [0.717, 1.165) is 6.54 Å². The fourth-order valence-corrected chi connectivity index (χ4v) is 0.396. The monoisotopic (exact) mass is 95.1 g/mol. The van der Waals surface area contributed by atoms with E-state index in [4.69, 9.17) is 0 Å². The summed E-state index contributed by atoms with van der Waals surface area (Å²) in [7, 11) is 0. The Bertz CT molecular complexity index is 82.3. The topological polar surface area (TPSA) is 26.1 Å². The van der Waals surface area contributed by atoms with Crippen molar-refractivity contribution in [1.29, 1.82) is 0 Å². The third-order valence-corrected chi connectivity index (χ3v) is 0.706. The molecule has 0 aromatic heterocycles. The fourth-order valence-electron chi connectivity index (χ4n) is 0.396. The maximum Gasteiger partial charge on any atom is 0.0542 e. The second-order valence-corrected chi connectivity index (χ2v) is 1.26.